The molecule has 0 saturated heterocycles. The number of amides is 1. The lowest BCUT2D eigenvalue weighted by atomic mass is 9.88. The van der Waals surface area contributed by atoms with Gasteiger partial charge < -0.3 is 10.1 Å². The third-order valence-electron chi connectivity index (χ3n) is 5.41. The number of ether oxygens (including phenoxy) is 1. The number of carbonyl (C=O) groups excluding carboxylic acids is 2. The Balaban J connectivity index is 1.94. The van der Waals surface area contributed by atoms with Crippen molar-refractivity contribution in [3.05, 3.63) is 16.0 Å². The molecule has 0 saturated carbocycles. The van der Waals surface area contributed by atoms with E-state index in [9.17, 15) is 9.59 Å². The van der Waals surface area contributed by atoms with Crippen LogP contribution < -0.4 is 5.32 Å². The summed E-state index contributed by atoms with van der Waals surface area (Å²) in [5, 5.41) is 3.73. The molecule has 0 fully saturated rings. The van der Waals surface area contributed by atoms with Crippen molar-refractivity contribution in [2.75, 3.05) is 11.9 Å². The molecule has 1 aliphatic carbocycles. The highest BCUT2D eigenvalue weighted by molar-refractivity contribution is 7.17. The minimum atomic E-state index is -0.278. The van der Waals surface area contributed by atoms with Gasteiger partial charge in [-0.3, -0.25) is 4.79 Å². The van der Waals surface area contributed by atoms with Crippen LogP contribution in [0.15, 0.2) is 0 Å². The second-order valence-corrected chi connectivity index (χ2v) is 9.22. The van der Waals surface area contributed by atoms with E-state index in [0.29, 0.717) is 29.5 Å². The summed E-state index contributed by atoms with van der Waals surface area (Å²) < 4.78 is 5.41. The van der Waals surface area contributed by atoms with E-state index in [4.69, 9.17) is 4.74 Å². The molecule has 1 heterocycles. The first-order valence-electron chi connectivity index (χ1n) is 11.2. The Hall–Kier alpha value is -1.36. The van der Waals surface area contributed by atoms with E-state index >= 15 is 0 Å². The van der Waals surface area contributed by atoms with Crippen LogP contribution in [0.3, 0.4) is 0 Å². The van der Waals surface area contributed by atoms with Crippen molar-refractivity contribution in [1.82, 2.24) is 0 Å². The van der Waals surface area contributed by atoms with Crippen LogP contribution in [-0.4, -0.2) is 18.5 Å². The maximum absolute atomic E-state index is 12.6. The molecule has 5 heteroatoms. The van der Waals surface area contributed by atoms with Gasteiger partial charge in [0.15, 0.2) is 0 Å². The Kier molecular flexibility index (Phi) is 10.0. The highest BCUT2D eigenvalue weighted by Gasteiger charge is 2.29. The third kappa shape index (κ3) is 6.91. The molecule has 4 nitrogen and oxygen atoms in total. The molecule has 1 aromatic heterocycles. The van der Waals surface area contributed by atoms with Gasteiger partial charge in [-0.25, -0.2) is 4.79 Å². The number of carbonyl (C=O) groups is 2. The fraction of sp³-hybridized carbons (Fsp3) is 0.739. The first kappa shape index (κ1) is 22.9. The fourth-order valence-electron chi connectivity index (χ4n) is 3.75. The lowest BCUT2D eigenvalue weighted by Gasteiger charge is -2.18. The van der Waals surface area contributed by atoms with Crippen LogP contribution in [0.2, 0.25) is 0 Å². The lowest BCUT2D eigenvalue weighted by Crippen LogP contribution is -2.16. The minimum Gasteiger partial charge on any atom is -0.462 e. The predicted molar refractivity (Wildman–Crippen MR) is 117 cm³/mol. The molecule has 0 spiro atoms. The molecule has 0 aliphatic heterocycles. The number of hydrogen-bond acceptors (Lipinski definition) is 4. The summed E-state index contributed by atoms with van der Waals surface area (Å²) >= 11 is 1.58. The summed E-state index contributed by atoms with van der Waals surface area (Å²) in [6.07, 6.45) is 12.6. The van der Waals surface area contributed by atoms with Gasteiger partial charge in [0.25, 0.3) is 0 Å². The first-order chi connectivity index (χ1) is 13.6. The van der Waals surface area contributed by atoms with E-state index in [2.05, 4.69) is 19.2 Å². The molecule has 1 unspecified atom stereocenters. The molecule has 2 rings (SSSR count). The first-order valence-corrected chi connectivity index (χ1v) is 12.0. The molecule has 0 aromatic carbocycles. The van der Waals surface area contributed by atoms with E-state index in [1.165, 1.54) is 37.0 Å². The quantitative estimate of drug-likeness (QED) is 0.317. The van der Waals surface area contributed by atoms with Gasteiger partial charge in [-0.2, -0.15) is 0 Å². The average Bonchev–Trinajstić information content (AvgIpc) is 3.02. The van der Waals surface area contributed by atoms with Gasteiger partial charge in [-0.15, -0.1) is 11.3 Å². The molecular weight excluding hydrogens is 370 g/mol. The zero-order chi connectivity index (χ0) is 20.4. The van der Waals surface area contributed by atoms with Crippen LogP contribution in [0.4, 0.5) is 5.00 Å². The van der Waals surface area contributed by atoms with Crippen LogP contribution in [0.25, 0.3) is 0 Å². The average molecular weight is 408 g/mol. The third-order valence-corrected chi connectivity index (χ3v) is 6.58. The number of esters is 1. The molecule has 0 bridgehead atoms. The zero-order valence-corrected chi connectivity index (χ0v) is 18.7. The molecule has 158 valence electrons. The number of fused-ring (bicyclic) bond motifs is 1. The second kappa shape index (κ2) is 12.3. The summed E-state index contributed by atoms with van der Waals surface area (Å²) in [5.41, 5.74) is 1.73. The van der Waals surface area contributed by atoms with Crippen molar-refractivity contribution in [3.8, 4) is 0 Å². The van der Waals surface area contributed by atoms with Crippen LogP contribution in [0, 0.1) is 5.92 Å². The van der Waals surface area contributed by atoms with Crippen molar-refractivity contribution in [2.24, 2.45) is 5.92 Å². The molecule has 1 N–H and O–H groups in total. The number of nitrogens with one attached hydrogen (secondary N) is 1. The van der Waals surface area contributed by atoms with Gasteiger partial charge in [0, 0.05) is 11.3 Å². The summed E-state index contributed by atoms with van der Waals surface area (Å²) in [5.74, 6) is 0.367. The van der Waals surface area contributed by atoms with Gasteiger partial charge in [-0.05, 0) is 43.6 Å². The van der Waals surface area contributed by atoms with Crippen molar-refractivity contribution >= 4 is 28.2 Å². The number of thiophene rings is 1. The van der Waals surface area contributed by atoms with Crippen LogP contribution >= 0.6 is 11.3 Å². The molecular formula is C23H37NO3S. The molecule has 28 heavy (non-hydrogen) atoms. The summed E-state index contributed by atoms with van der Waals surface area (Å²) in [4.78, 5) is 26.3. The van der Waals surface area contributed by atoms with E-state index in [1.807, 2.05) is 6.92 Å². The number of rotatable bonds is 12. The van der Waals surface area contributed by atoms with Gasteiger partial charge in [0.1, 0.15) is 5.00 Å². The zero-order valence-electron chi connectivity index (χ0n) is 17.9. The number of unbranched alkanes of at least 4 members (excludes halogenated alkanes) is 6. The maximum Gasteiger partial charge on any atom is 0.341 e. The molecule has 1 amide bonds. The highest BCUT2D eigenvalue weighted by atomic mass is 32.1. The summed E-state index contributed by atoms with van der Waals surface area (Å²) in [6.45, 7) is 6.88. The van der Waals surface area contributed by atoms with Crippen LogP contribution in [-0.2, 0) is 22.4 Å². The Morgan fingerprint density at radius 2 is 1.79 bits per heavy atom. The van der Waals surface area contributed by atoms with Crippen molar-refractivity contribution in [1.29, 1.82) is 0 Å². The summed E-state index contributed by atoms with van der Waals surface area (Å²) in [6, 6.07) is 0. The summed E-state index contributed by atoms with van der Waals surface area (Å²) in [7, 11) is 0. The van der Waals surface area contributed by atoms with Crippen LogP contribution in [0.1, 0.15) is 106 Å². The van der Waals surface area contributed by atoms with Gasteiger partial charge in [0.05, 0.1) is 12.2 Å². The minimum absolute atomic E-state index is 0.0183. The van der Waals surface area contributed by atoms with Gasteiger partial charge in [-0.1, -0.05) is 59.3 Å². The van der Waals surface area contributed by atoms with E-state index in [1.54, 1.807) is 11.3 Å². The Morgan fingerprint density at radius 1 is 1.07 bits per heavy atom. The number of hydrogen-bond donors (Lipinski definition) is 1. The molecule has 1 aromatic rings. The van der Waals surface area contributed by atoms with Crippen molar-refractivity contribution in [3.63, 3.8) is 0 Å². The molecule has 0 radical (unpaired) electrons. The molecule has 1 aliphatic rings. The van der Waals surface area contributed by atoms with E-state index in [0.717, 1.165) is 44.1 Å². The van der Waals surface area contributed by atoms with E-state index in [-0.39, 0.29) is 11.9 Å². The molecule has 1 atom stereocenters. The smallest absolute Gasteiger partial charge is 0.341 e. The lowest BCUT2D eigenvalue weighted by molar-refractivity contribution is -0.116. The standard InChI is InChI=1S/C23H37NO3S/c1-4-6-7-8-9-10-11-12-20(25)24-22-21(23(26)27-15-5-2)18-14-13-17(3)16-19(18)28-22/h17H,4-16H2,1-3H3,(H,24,25). The Morgan fingerprint density at radius 3 is 2.50 bits per heavy atom. The van der Waals surface area contributed by atoms with E-state index < -0.39 is 0 Å². The Labute approximate surface area is 174 Å². The SMILES string of the molecule is CCCCCCCCCC(=O)Nc1sc2c(c1C(=O)OCCC)CCC(C)C2. The number of anilines is 1. The highest BCUT2D eigenvalue weighted by Crippen LogP contribution is 2.40. The monoisotopic (exact) mass is 407 g/mol. The fourth-order valence-corrected chi connectivity index (χ4v) is 5.17. The predicted octanol–water partition coefficient (Wildman–Crippen LogP) is 6.52. The van der Waals surface area contributed by atoms with Crippen molar-refractivity contribution in [2.45, 2.75) is 97.8 Å². The second-order valence-electron chi connectivity index (χ2n) is 8.11. The van der Waals surface area contributed by atoms with Gasteiger partial charge in [0.2, 0.25) is 5.91 Å². The van der Waals surface area contributed by atoms with Crippen LogP contribution in [0.5, 0.6) is 0 Å². The largest absolute Gasteiger partial charge is 0.462 e. The maximum atomic E-state index is 12.6. The topological polar surface area (TPSA) is 55.4 Å². The van der Waals surface area contributed by atoms with Gasteiger partial charge >= 0.3 is 5.97 Å². The Bertz CT molecular complexity index is 638. The van der Waals surface area contributed by atoms with Crippen molar-refractivity contribution < 1.29 is 14.3 Å². The normalized spacial score (nSPS) is 15.9.